The van der Waals surface area contributed by atoms with Crippen LogP contribution in [-0.2, 0) is 17.8 Å². The molecule has 0 unspecified atom stereocenters. The molecule has 0 atom stereocenters. The maximum absolute atomic E-state index is 11.7. The van der Waals surface area contributed by atoms with Crippen molar-refractivity contribution in [3.05, 3.63) is 47.3 Å². The molecule has 18 heavy (non-hydrogen) atoms. The summed E-state index contributed by atoms with van der Waals surface area (Å²) in [5.41, 5.74) is 2.53. The van der Waals surface area contributed by atoms with Gasteiger partial charge in [0.25, 0.3) is 0 Å². The molecule has 0 saturated carbocycles. The van der Waals surface area contributed by atoms with Crippen molar-refractivity contribution >= 4 is 5.91 Å². The number of aromatic hydroxyl groups is 1. The lowest BCUT2D eigenvalue weighted by Crippen LogP contribution is -2.24. The number of carbonyl (C=O) groups excluding carboxylic acids is 1. The number of rotatable bonds is 4. The quantitative estimate of drug-likeness (QED) is 0.759. The molecular weight excluding hydrogens is 230 g/mol. The number of phenolic OH excluding ortho intramolecular Hbond substituents is 1. The average Bonchev–Trinajstić information content (AvgIpc) is 2.75. The number of amides is 1. The van der Waals surface area contributed by atoms with Crippen LogP contribution >= 0.6 is 0 Å². The van der Waals surface area contributed by atoms with Gasteiger partial charge in [0.05, 0.1) is 12.6 Å². The number of aromatic nitrogens is 2. The molecule has 5 nitrogen and oxygen atoms in total. The van der Waals surface area contributed by atoms with E-state index < -0.39 is 0 Å². The van der Waals surface area contributed by atoms with Gasteiger partial charge in [-0.1, -0.05) is 18.2 Å². The van der Waals surface area contributed by atoms with E-state index in [2.05, 4.69) is 15.5 Å². The van der Waals surface area contributed by atoms with Crippen LogP contribution < -0.4 is 5.32 Å². The molecule has 94 valence electrons. The van der Waals surface area contributed by atoms with Crippen LogP contribution in [-0.4, -0.2) is 21.2 Å². The molecule has 0 radical (unpaired) electrons. The highest BCUT2D eigenvalue weighted by Crippen LogP contribution is 2.15. The monoisotopic (exact) mass is 245 g/mol. The summed E-state index contributed by atoms with van der Waals surface area (Å²) in [7, 11) is 0. The van der Waals surface area contributed by atoms with Crippen LogP contribution in [0.2, 0.25) is 0 Å². The number of H-pyrrole nitrogens is 1. The number of nitrogens with one attached hydrogen (secondary N) is 2. The van der Waals surface area contributed by atoms with Crippen molar-refractivity contribution in [1.82, 2.24) is 15.5 Å². The summed E-state index contributed by atoms with van der Waals surface area (Å²) in [6.45, 7) is 2.34. The van der Waals surface area contributed by atoms with Crippen LogP contribution in [0, 0.1) is 6.92 Å². The topological polar surface area (TPSA) is 78.0 Å². The Hall–Kier alpha value is -2.30. The van der Waals surface area contributed by atoms with Crippen molar-refractivity contribution in [2.24, 2.45) is 0 Å². The summed E-state index contributed by atoms with van der Waals surface area (Å²) in [4.78, 5) is 11.7. The Morgan fingerprint density at radius 1 is 1.39 bits per heavy atom. The molecule has 0 aliphatic rings. The third-order valence-corrected chi connectivity index (χ3v) is 2.75. The van der Waals surface area contributed by atoms with E-state index in [4.69, 9.17) is 0 Å². The van der Waals surface area contributed by atoms with Crippen molar-refractivity contribution in [2.45, 2.75) is 19.9 Å². The highest BCUT2D eigenvalue weighted by molar-refractivity contribution is 5.79. The van der Waals surface area contributed by atoms with Crippen LogP contribution in [0.15, 0.2) is 30.5 Å². The van der Waals surface area contributed by atoms with Gasteiger partial charge in [0.15, 0.2) is 0 Å². The first-order valence-corrected chi connectivity index (χ1v) is 5.69. The summed E-state index contributed by atoms with van der Waals surface area (Å²) >= 11 is 0. The molecule has 0 bridgehead atoms. The average molecular weight is 245 g/mol. The first kappa shape index (κ1) is 12.2. The van der Waals surface area contributed by atoms with Gasteiger partial charge in [-0.05, 0) is 13.0 Å². The number of aryl methyl sites for hydroxylation is 1. The Balaban J connectivity index is 1.90. The van der Waals surface area contributed by atoms with Crippen molar-refractivity contribution in [3.63, 3.8) is 0 Å². The lowest BCUT2D eigenvalue weighted by molar-refractivity contribution is -0.120. The first-order valence-electron chi connectivity index (χ1n) is 5.69. The van der Waals surface area contributed by atoms with Crippen molar-refractivity contribution in [1.29, 1.82) is 0 Å². The van der Waals surface area contributed by atoms with E-state index in [1.165, 1.54) is 0 Å². The number of benzene rings is 1. The molecule has 0 aliphatic heterocycles. The maximum Gasteiger partial charge on any atom is 0.224 e. The Morgan fingerprint density at radius 3 is 2.83 bits per heavy atom. The molecular formula is C13H15N3O2. The van der Waals surface area contributed by atoms with Gasteiger partial charge in [-0.3, -0.25) is 9.89 Å². The van der Waals surface area contributed by atoms with E-state index in [0.717, 1.165) is 11.3 Å². The van der Waals surface area contributed by atoms with E-state index in [9.17, 15) is 9.90 Å². The van der Waals surface area contributed by atoms with E-state index in [1.54, 1.807) is 30.5 Å². The number of aromatic amines is 1. The molecule has 1 aromatic carbocycles. The molecule has 1 heterocycles. The van der Waals surface area contributed by atoms with E-state index in [1.807, 2.05) is 6.92 Å². The number of carbonyl (C=O) groups is 1. The van der Waals surface area contributed by atoms with Gasteiger partial charge < -0.3 is 10.4 Å². The summed E-state index contributed by atoms with van der Waals surface area (Å²) in [6, 6.07) is 6.83. The van der Waals surface area contributed by atoms with Gasteiger partial charge in [0.1, 0.15) is 5.75 Å². The smallest absolute Gasteiger partial charge is 0.224 e. The minimum Gasteiger partial charge on any atom is -0.508 e. The third-order valence-electron chi connectivity index (χ3n) is 2.75. The molecule has 0 aliphatic carbocycles. The molecule has 1 amide bonds. The normalized spacial score (nSPS) is 10.3. The van der Waals surface area contributed by atoms with Gasteiger partial charge in [-0.15, -0.1) is 0 Å². The number of para-hydroxylation sites is 1. The molecule has 1 aromatic heterocycles. The third kappa shape index (κ3) is 2.88. The summed E-state index contributed by atoms with van der Waals surface area (Å²) in [5.74, 6) is 0.0178. The predicted molar refractivity (Wildman–Crippen MR) is 67.0 cm³/mol. The highest BCUT2D eigenvalue weighted by Gasteiger charge is 2.07. The van der Waals surface area contributed by atoms with E-state index in [-0.39, 0.29) is 18.1 Å². The Kier molecular flexibility index (Phi) is 3.62. The number of nitrogens with zero attached hydrogens (tertiary/aromatic N) is 1. The lowest BCUT2D eigenvalue weighted by atomic mass is 10.1. The van der Waals surface area contributed by atoms with Gasteiger partial charge in [-0.25, -0.2) is 0 Å². The second-order valence-electron chi connectivity index (χ2n) is 4.10. The molecule has 5 heteroatoms. The summed E-state index contributed by atoms with van der Waals surface area (Å²) < 4.78 is 0. The van der Waals surface area contributed by atoms with Crippen LogP contribution in [0.4, 0.5) is 0 Å². The largest absolute Gasteiger partial charge is 0.508 e. The summed E-state index contributed by atoms with van der Waals surface area (Å²) in [5, 5.41) is 19.0. The Labute approximate surface area is 105 Å². The van der Waals surface area contributed by atoms with Gasteiger partial charge in [0, 0.05) is 23.4 Å². The van der Waals surface area contributed by atoms with Gasteiger partial charge in [-0.2, -0.15) is 5.10 Å². The predicted octanol–water partition coefficient (Wildman–Crippen LogP) is 1.28. The van der Waals surface area contributed by atoms with Crippen molar-refractivity contribution in [3.8, 4) is 5.75 Å². The number of phenols is 1. The fourth-order valence-corrected chi connectivity index (χ4v) is 1.64. The molecule has 0 spiro atoms. The Bertz CT molecular complexity index is 549. The highest BCUT2D eigenvalue weighted by atomic mass is 16.3. The fourth-order valence-electron chi connectivity index (χ4n) is 1.64. The van der Waals surface area contributed by atoms with E-state index >= 15 is 0 Å². The second kappa shape index (κ2) is 5.35. The minimum absolute atomic E-state index is 0.128. The minimum atomic E-state index is -0.128. The first-order chi connectivity index (χ1) is 8.66. The summed E-state index contributed by atoms with van der Waals surface area (Å²) in [6.07, 6.45) is 1.86. The zero-order chi connectivity index (χ0) is 13.0. The molecule has 2 aromatic rings. The standard InChI is InChI=1S/C13H15N3O2/c1-9-11(8-15-16-9)7-14-13(18)6-10-4-2-3-5-12(10)17/h2-5,8,17H,6-7H2,1H3,(H,14,18)(H,15,16). The molecule has 0 saturated heterocycles. The molecule has 3 N–H and O–H groups in total. The van der Waals surface area contributed by atoms with Crippen LogP contribution in [0.1, 0.15) is 16.8 Å². The van der Waals surface area contributed by atoms with Gasteiger partial charge >= 0.3 is 0 Å². The zero-order valence-electron chi connectivity index (χ0n) is 10.1. The molecule has 0 fully saturated rings. The van der Waals surface area contributed by atoms with Crippen LogP contribution in [0.25, 0.3) is 0 Å². The number of hydrogen-bond donors (Lipinski definition) is 3. The maximum atomic E-state index is 11.7. The van der Waals surface area contributed by atoms with Crippen molar-refractivity contribution < 1.29 is 9.90 Å². The van der Waals surface area contributed by atoms with Crippen LogP contribution in [0.5, 0.6) is 5.75 Å². The zero-order valence-corrected chi connectivity index (χ0v) is 10.1. The second-order valence-corrected chi connectivity index (χ2v) is 4.10. The fraction of sp³-hybridized carbons (Fsp3) is 0.231. The van der Waals surface area contributed by atoms with Crippen LogP contribution in [0.3, 0.4) is 0 Å². The number of hydrogen-bond acceptors (Lipinski definition) is 3. The molecule has 2 rings (SSSR count). The van der Waals surface area contributed by atoms with Crippen molar-refractivity contribution in [2.75, 3.05) is 0 Å². The Morgan fingerprint density at radius 2 is 2.17 bits per heavy atom. The lowest BCUT2D eigenvalue weighted by Gasteiger charge is -2.06. The van der Waals surface area contributed by atoms with E-state index in [0.29, 0.717) is 12.1 Å². The van der Waals surface area contributed by atoms with Gasteiger partial charge in [0.2, 0.25) is 5.91 Å². The SMILES string of the molecule is Cc1[nH]ncc1CNC(=O)Cc1ccccc1O.